The van der Waals surface area contributed by atoms with Crippen molar-refractivity contribution < 1.29 is 33.3 Å². The first-order valence-corrected chi connectivity index (χ1v) is 14.5. The standard InChI is InChI=1S/C31H42N4O7/c1-31(2,3)42-30(38)35-17-8-12-23-14-15-24(32-27(23)35)13-9-16-34-18-25(19-34)40-21-26(28(36)39-4)33-29(37)41-20-22-10-6-5-7-11-22/h5-7,10-11,14-15,25-26H,8-9,12-13,16-21H2,1-4H3,(H,33,37)/t26-/m0/s1. The van der Waals surface area contributed by atoms with Crippen LogP contribution in [0.15, 0.2) is 42.5 Å². The first kappa shape index (κ1) is 31.2. The van der Waals surface area contributed by atoms with E-state index in [9.17, 15) is 14.4 Å². The van der Waals surface area contributed by atoms with Crippen molar-refractivity contribution in [2.45, 2.75) is 70.8 Å². The number of nitrogens with zero attached hydrogens (tertiary/aromatic N) is 3. The Hall–Kier alpha value is -3.70. The Kier molecular flexibility index (Phi) is 10.8. The van der Waals surface area contributed by atoms with Crippen molar-refractivity contribution in [3.8, 4) is 0 Å². The van der Waals surface area contributed by atoms with Crippen LogP contribution in [0.5, 0.6) is 0 Å². The summed E-state index contributed by atoms with van der Waals surface area (Å²) in [7, 11) is 1.27. The number of rotatable bonds is 11. The van der Waals surface area contributed by atoms with Crippen LogP contribution in [0.25, 0.3) is 0 Å². The number of esters is 1. The van der Waals surface area contributed by atoms with Gasteiger partial charge >= 0.3 is 18.2 Å². The van der Waals surface area contributed by atoms with Crippen LogP contribution in [0.3, 0.4) is 0 Å². The molecule has 0 bridgehead atoms. The van der Waals surface area contributed by atoms with Gasteiger partial charge in [0.2, 0.25) is 0 Å². The highest BCUT2D eigenvalue weighted by Crippen LogP contribution is 2.27. The van der Waals surface area contributed by atoms with Gasteiger partial charge < -0.3 is 24.3 Å². The number of hydrogen-bond acceptors (Lipinski definition) is 9. The Balaban J connectivity index is 1.17. The number of hydrogen-bond donors (Lipinski definition) is 1. The molecular formula is C31H42N4O7. The van der Waals surface area contributed by atoms with E-state index in [0.29, 0.717) is 12.4 Å². The molecule has 2 aliphatic heterocycles. The molecule has 1 fully saturated rings. The first-order chi connectivity index (χ1) is 20.1. The van der Waals surface area contributed by atoms with Crippen molar-refractivity contribution in [1.29, 1.82) is 0 Å². The van der Waals surface area contributed by atoms with E-state index < -0.39 is 23.7 Å². The second kappa shape index (κ2) is 14.5. The summed E-state index contributed by atoms with van der Waals surface area (Å²) in [5.41, 5.74) is 2.31. The molecule has 11 heteroatoms. The first-order valence-electron chi connectivity index (χ1n) is 14.5. The molecular weight excluding hydrogens is 540 g/mol. The molecule has 1 atom stereocenters. The lowest BCUT2D eigenvalue weighted by Gasteiger charge is -2.39. The third kappa shape index (κ3) is 9.15. The lowest BCUT2D eigenvalue weighted by Crippen LogP contribution is -2.54. The van der Waals surface area contributed by atoms with Gasteiger partial charge in [0, 0.05) is 25.3 Å². The van der Waals surface area contributed by atoms with Crippen molar-refractivity contribution in [3.63, 3.8) is 0 Å². The number of aryl methyl sites for hydroxylation is 2. The summed E-state index contributed by atoms with van der Waals surface area (Å²) in [6, 6.07) is 12.5. The summed E-state index contributed by atoms with van der Waals surface area (Å²) in [6.07, 6.45) is 2.38. The Morgan fingerprint density at radius 3 is 2.57 bits per heavy atom. The fourth-order valence-corrected chi connectivity index (χ4v) is 4.86. The number of alkyl carbamates (subject to hydrolysis) is 1. The van der Waals surface area contributed by atoms with E-state index in [0.717, 1.165) is 62.1 Å². The van der Waals surface area contributed by atoms with E-state index >= 15 is 0 Å². The third-order valence-electron chi connectivity index (χ3n) is 7.03. The van der Waals surface area contributed by atoms with Gasteiger partial charge in [-0.25, -0.2) is 19.4 Å². The highest BCUT2D eigenvalue weighted by Gasteiger charge is 2.31. The molecule has 0 saturated carbocycles. The van der Waals surface area contributed by atoms with E-state index in [-0.39, 0.29) is 25.4 Å². The molecule has 0 radical (unpaired) electrons. The van der Waals surface area contributed by atoms with Gasteiger partial charge in [-0.3, -0.25) is 9.80 Å². The number of anilines is 1. The molecule has 0 unspecified atom stereocenters. The van der Waals surface area contributed by atoms with E-state index in [1.54, 1.807) is 4.90 Å². The maximum absolute atomic E-state index is 12.7. The average molecular weight is 583 g/mol. The zero-order chi connectivity index (χ0) is 30.1. The van der Waals surface area contributed by atoms with Crippen molar-refractivity contribution in [3.05, 3.63) is 59.3 Å². The van der Waals surface area contributed by atoms with Crippen molar-refractivity contribution >= 4 is 24.0 Å². The van der Waals surface area contributed by atoms with Crippen LogP contribution >= 0.6 is 0 Å². The second-order valence-electron chi connectivity index (χ2n) is 11.6. The fourth-order valence-electron chi connectivity index (χ4n) is 4.86. The number of fused-ring (bicyclic) bond motifs is 1. The van der Waals surface area contributed by atoms with Crippen LogP contribution in [0.4, 0.5) is 15.4 Å². The Bertz CT molecular complexity index is 1210. The van der Waals surface area contributed by atoms with E-state index in [1.807, 2.05) is 57.2 Å². The van der Waals surface area contributed by atoms with Crippen LogP contribution < -0.4 is 10.2 Å². The minimum Gasteiger partial charge on any atom is -0.467 e. The minimum absolute atomic E-state index is 0.00118. The Morgan fingerprint density at radius 2 is 1.86 bits per heavy atom. The molecule has 42 heavy (non-hydrogen) atoms. The largest absolute Gasteiger partial charge is 0.467 e. The minimum atomic E-state index is -0.956. The summed E-state index contributed by atoms with van der Waals surface area (Å²) in [5.74, 6) is 0.119. The molecule has 228 valence electrons. The van der Waals surface area contributed by atoms with Crippen molar-refractivity contribution in [1.82, 2.24) is 15.2 Å². The lowest BCUT2D eigenvalue weighted by molar-refractivity contribution is -0.146. The molecule has 0 spiro atoms. The van der Waals surface area contributed by atoms with Gasteiger partial charge in [-0.05, 0) is 70.2 Å². The number of nitrogens with one attached hydrogen (secondary N) is 1. The van der Waals surface area contributed by atoms with Gasteiger partial charge in [0.05, 0.1) is 19.8 Å². The van der Waals surface area contributed by atoms with Gasteiger partial charge in [0.15, 0.2) is 6.04 Å². The number of aromatic nitrogens is 1. The number of amides is 2. The zero-order valence-corrected chi connectivity index (χ0v) is 25.0. The summed E-state index contributed by atoms with van der Waals surface area (Å²) in [6.45, 7) is 8.64. The SMILES string of the molecule is COC(=O)[C@H](COC1CN(CCCc2ccc3c(n2)N(C(=O)OC(C)(C)C)CCC3)C1)NC(=O)OCc1ccccc1. The van der Waals surface area contributed by atoms with Crippen LogP contribution in [-0.2, 0) is 43.2 Å². The number of carbonyl (C=O) groups is 3. The fraction of sp³-hybridized carbons (Fsp3) is 0.548. The number of carbonyl (C=O) groups excluding carboxylic acids is 3. The second-order valence-corrected chi connectivity index (χ2v) is 11.6. The van der Waals surface area contributed by atoms with Crippen LogP contribution in [0.1, 0.15) is 50.4 Å². The highest BCUT2D eigenvalue weighted by molar-refractivity contribution is 5.88. The molecule has 4 rings (SSSR count). The zero-order valence-electron chi connectivity index (χ0n) is 25.0. The van der Waals surface area contributed by atoms with Crippen LogP contribution in [0.2, 0.25) is 0 Å². The molecule has 1 aromatic heterocycles. The molecule has 1 N–H and O–H groups in total. The molecule has 2 amide bonds. The van der Waals surface area contributed by atoms with Gasteiger partial charge in [0.1, 0.15) is 18.0 Å². The average Bonchev–Trinajstić information content (AvgIpc) is 2.94. The predicted octanol–water partition coefficient (Wildman–Crippen LogP) is 3.87. The molecule has 2 aromatic rings. The molecule has 1 saturated heterocycles. The monoisotopic (exact) mass is 582 g/mol. The molecule has 11 nitrogen and oxygen atoms in total. The summed E-state index contributed by atoms with van der Waals surface area (Å²) in [5, 5.41) is 2.53. The van der Waals surface area contributed by atoms with Gasteiger partial charge in [0.25, 0.3) is 0 Å². The van der Waals surface area contributed by atoms with Gasteiger partial charge in [-0.1, -0.05) is 36.4 Å². The molecule has 1 aromatic carbocycles. The van der Waals surface area contributed by atoms with E-state index in [4.69, 9.17) is 23.9 Å². The lowest BCUT2D eigenvalue weighted by atomic mass is 10.0. The quantitative estimate of drug-likeness (QED) is 0.311. The number of pyridine rings is 1. The Morgan fingerprint density at radius 1 is 1.10 bits per heavy atom. The molecule has 0 aliphatic carbocycles. The predicted molar refractivity (Wildman–Crippen MR) is 156 cm³/mol. The topological polar surface area (TPSA) is 120 Å². The van der Waals surface area contributed by atoms with E-state index in [1.165, 1.54) is 7.11 Å². The number of ether oxygens (including phenoxy) is 4. The van der Waals surface area contributed by atoms with Crippen LogP contribution in [0, 0.1) is 0 Å². The summed E-state index contributed by atoms with van der Waals surface area (Å²) < 4.78 is 21.5. The summed E-state index contributed by atoms with van der Waals surface area (Å²) in [4.78, 5) is 45.9. The van der Waals surface area contributed by atoms with E-state index in [2.05, 4.69) is 16.3 Å². The highest BCUT2D eigenvalue weighted by atomic mass is 16.6. The summed E-state index contributed by atoms with van der Waals surface area (Å²) >= 11 is 0. The molecule has 3 heterocycles. The Labute approximate surface area is 247 Å². The van der Waals surface area contributed by atoms with Gasteiger partial charge in [-0.15, -0.1) is 0 Å². The maximum Gasteiger partial charge on any atom is 0.416 e. The maximum atomic E-state index is 12.7. The van der Waals surface area contributed by atoms with Crippen molar-refractivity contribution in [2.24, 2.45) is 0 Å². The third-order valence-corrected chi connectivity index (χ3v) is 7.03. The number of benzene rings is 1. The van der Waals surface area contributed by atoms with Gasteiger partial charge in [-0.2, -0.15) is 0 Å². The molecule has 2 aliphatic rings. The van der Waals surface area contributed by atoms with Crippen molar-refractivity contribution in [2.75, 3.05) is 44.8 Å². The smallest absolute Gasteiger partial charge is 0.416 e. The normalized spacial score (nSPS) is 16.1. The number of methoxy groups -OCH3 is 1. The number of likely N-dealkylation sites (tertiary alicyclic amines) is 1. The van der Waals surface area contributed by atoms with Crippen LogP contribution in [-0.4, -0.2) is 85.7 Å².